The van der Waals surface area contributed by atoms with Gasteiger partial charge in [-0.25, -0.2) is 0 Å². The predicted octanol–water partition coefficient (Wildman–Crippen LogP) is 2.92. The molecule has 5 heteroatoms. The lowest BCUT2D eigenvalue weighted by atomic mass is 9.97. The normalized spacial score (nSPS) is 14.5. The molecule has 0 heterocycles. The molecule has 0 amide bonds. The SMILES string of the molecule is CC(O)C(C)Cc1ccc([N+](=O)[O-])cc1Br. The summed E-state index contributed by atoms with van der Waals surface area (Å²) in [4.78, 5) is 10.1. The molecule has 0 aliphatic rings. The van der Waals surface area contributed by atoms with Gasteiger partial charge in [0.25, 0.3) is 5.69 Å². The number of nitrogens with zero attached hydrogens (tertiary/aromatic N) is 1. The second kappa shape index (κ2) is 5.41. The number of aliphatic hydroxyl groups is 1. The third kappa shape index (κ3) is 3.28. The van der Waals surface area contributed by atoms with Crippen LogP contribution in [-0.2, 0) is 6.42 Å². The molecule has 0 aliphatic carbocycles. The minimum absolute atomic E-state index is 0.0697. The highest BCUT2D eigenvalue weighted by Crippen LogP contribution is 2.25. The van der Waals surface area contributed by atoms with Crippen LogP contribution in [-0.4, -0.2) is 16.1 Å². The Balaban J connectivity index is 2.87. The van der Waals surface area contributed by atoms with Crippen LogP contribution in [0.25, 0.3) is 0 Å². The summed E-state index contributed by atoms with van der Waals surface area (Å²) in [6.45, 7) is 3.68. The Labute approximate surface area is 103 Å². The van der Waals surface area contributed by atoms with Crippen LogP contribution in [0.2, 0.25) is 0 Å². The number of benzene rings is 1. The molecule has 16 heavy (non-hydrogen) atoms. The van der Waals surface area contributed by atoms with Crippen molar-refractivity contribution in [2.45, 2.75) is 26.4 Å². The maximum atomic E-state index is 10.5. The maximum Gasteiger partial charge on any atom is 0.270 e. The van der Waals surface area contributed by atoms with Crippen molar-refractivity contribution in [1.29, 1.82) is 0 Å². The third-order valence-corrected chi connectivity index (χ3v) is 3.35. The molecule has 2 atom stereocenters. The van der Waals surface area contributed by atoms with Crippen LogP contribution in [0.5, 0.6) is 0 Å². The third-order valence-electron chi connectivity index (χ3n) is 2.61. The zero-order valence-corrected chi connectivity index (χ0v) is 10.8. The molecule has 0 aromatic heterocycles. The fraction of sp³-hybridized carbons (Fsp3) is 0.455. The molecule has 0 fully saturated rings. The summed E-state index contributed by atoms with van der Waals surface area (Å²) in [6.07, 6.45) is 0.304. The van der Waals surface area contributed by atoms with Gasteiger partial charge in [-0.3, -0.25) is 10.1 Å². The fourth-order valence-corrected chi connectivity index (χ4v) is 1.86. The van der Waals surface area contributed by atoms with Crippen molar-refractivity contribution in [1.82, 2.24) is 0 Å². The van der Waals surface area contributed by atoms with E-state index in [1.165, 1.54) is 12.1 Å². The average Bonchev–Trinajstić information content (AvgIpc) is 2.20. The molecule has 0 saturated heterocycles. The molecular weight excluding hydrogens is 274 g/mol. The zero-order valence-electron chi connectivity index (χ0n) is 9.18. The molecule has 88 valence electrons. The van der Waals surface area contributed by atoms with Gasteiger partial charge in [0.05, 0.1) is 11.0 Å². The molecule has 2 unspecified atom stereocenters. The number of nitro groups is 1. The van der Waals surface area contributed by atoms with Gasteiger partial charge in [0.2, 0.25) is 0 Å². The van der Waals surface area contributed by atoms with Crippen molar-refractivity contribution in [3.63, 3.8) is 0 Å². The van der Waals surface area contributed by atoms with Crippen molar-refractivity contribution in [3.05, 3.63) is 38.3 Å². The number of halogens is 1. The zero-order chi connectivity index (χ0) is 12.3. The number of hydrogen-bond donors (Lipinski definition) is 1. The van der Waals surface area contributed by atoms with E-state index in [-0.39, 0.29) is 17.7 Å². The maximum absolute atomic E-state index is 10.5. The molecular formula is C11H14BrNO3. The van der Waals surface area contributed by atoms with E-state index in [1.807, 2.05) is 6.92 Å². The summed E-state index contributed by atoms with van der Waals surface area (Å²) in [5, 5.41) is 19.9. The van der Waals surface area contributed by atoms with E-state index in [0.29, 0.717) is 10.9 Å². The Morgan fingerprint density at radius 2 is 2.12 bits per heavy atom. The largest absolute Gasteiger partial charge is 0.393 e. The number of nitro benzene ring substituents is 1. The predicted molar refractivity (Wildman–Crippen MR) is 65.3 cm³/mol. The topological polar surface area (TPSA) is 63.4 Å². The first-order valence-corrected chi connectivity index (χ1v) is 5.82. The number of rotatable bonds is 4. The van der Waals surface area contributed by atoms with Gasteiger partial charge < -0.3 is 5.11 Å². The first-order chi connectivity index (χ1) is 7.41. The first kappa shape index (κ1) is 13.1. The second-order valence-electron chi connectivity index (χ2n) is 3.95. The highest BCUT2D eigenvalue weighted by Gasteiger charge is 2.14. The molecule has 1 aromatic rings. The molecule has 0 radical (unpaired) electrons. The van der Waals surface area contributed by atoms with Crippen LogP contribution < -0.4 is 0 Å². The Bertz CT molecular complexity index is 393. The van der Waals surface area contributed by atoms with Crippen LogP contribution >= 0.6 is 15.9 Å². The molecule has 1 rings (SSSR count). The van der Waals surface area contributed by atoms with Gasteiger partial charge in [-0.1, -0.05) is 28.9 Å². The lowest BCUT2D eigenvalue weighted by Gasteiger charge is -2.15. The van der Waals surface area contributed by atoms with E-state index in [1.54, 1.807) is 13.0 Å². The standard InChI is InChI=1S/C11H14BrNO3/c1-7(8(2)14)5-9-3-4-10(13(15)16)6-11(9)12/h3-4,6-8,14H,5H2,1-2H3. The van der Waals surface area contributed by atoms with Crippen molar-refractivity contribution in [3.8, 4) is 0 Å². The average molecular weight is 288 g/mol. The van der Waals surface area contributed by atoms with Gasteiger partial charge in [0, 0.05) is 16.6 Å². The second-order valence-corrected chi connectivity index (χ2v) is 4.81. The van der Waals surface area contributed by atoms with E-state index in [4.69, 9.17) is 0 Å². The van der Waals surface area contributed by atoms with E-state index in [0.717, 1.165) is 5.56 Å². The van der Waals surface area contributed by atoms with Crippen LogP contribution in [0.15, 0.2) is 22.7 Å². The van der Waals surface area contributed by atoms with E-state index in [2.05, 4.69) is 15.9 Å². The Kier molecular flexibility index (Phi) is 4.44. The lowest BCUT2D eigenvalue weighted by Crippen LogP contribution is -2.15. The van der Waals surface area contributed by atoms with Gasteiger partial charge in [-0.05, 0) is 24.8 Å². The van der Waals surface area contributed by atoms with Gasteiger partial charge in [-0.2, -0.15) is 0 Å². The molecule has 0 spiro atoms. The summed E-state index contributed by atoms with van der Waals surface area (Å²) in [5.74, 6) is 0.123. The van der Waals surface area contributed by atoms with Gasteiger partial charge in [0.15, 0.2) is 0 Å². The monoisotopic (exact) mass is 287 g/mol. The Morgan fingerprint density at radius 1 is 1.50 bits per heavy atom. The van der Waals surface area contributed by atoms with E-state index >= 15 is 0 Å². The van der Waals surface area contributed by atoms with Gasteiger partial charge in [-0.15, -0.1) is 0 Å². The van der Waals surface area contributed by atoms with E-state index < -0.39 is 4.92 Å². The summed E-state index contributed by atoms with van der Waals surface area (Å²) >= 11 is 3.31. The molecule has 4 nitrogen and oxygen atoms in total. The quantitative estimate of drug-likeness (QED) is 0.684. The van der Waals surface area contributed by atoms with Crippen LogP contribution in [0, 0.1) is 16.0 Å². The highest BCUT2D eigenvalue weighted by molar-refractivity contribution is 9.10. The molecule has 1 aromatic carbocycles. The highest BCUT2D eigenvalue weighted by atomic mass is 79.9. The molecule has 0 saturated carbocycles. The smallest absolute Gasteiger partial charge is 0.270 e. The van der Waals surface area contributed by atoms with E-state index in [9.17, 15) is 15.2 Å². The van der Waals surface area contributed by atoms with Crippen molar-refractivity contribution in [2.24, 2.45) is 5.92 Å². The van der Waals surface area contributed by atoms with Crippen molar-refractivity contribution in [2.75, 3.05) is 0 Å². The minimum atomic E-state index is -0.424. The van der Waals surface area contributed by atoms with Crippen molar-refractivity contribution >= 4 is 21.6 Å². The van der Waals surface area contributed by atoms with Gasteiger partial charge in [0.1, 0.15) is 0 Å². The Hall–Kier alpha value is -0.940. The fourth-order valence-electron chi connectivity index (χ4n) is 1.33. The van der Waals surface area contributed by atoms with Crippen LogP contribution in [0.1, 0.15) is 19.4 Å². The first-order valence-electron chi connectivity index (χ1n) is 5.02. The minimum Gasteiger partial charge on any atom is -0.393 e. The summed E-state index contributed by atoms with van der Waals surface area (Å²) in [6, 6.07) is 4.69. The Morgan fingerprint density at radius 3 is 2.56 bits per heavy atom. The number of hydrogen-bond acceptors (Lipinski definition) is 3. The van der Waals surface area contributed by atoms with Crippen LogP contribution in [0.3, 0.4) is 0 Å². The number of non-ortho nitro benzene ring substituents is 1. The summed E-state index contributed by atoms with van der Waals surface area (Å²) < 4.78 is 0.717. The van der Waals surface area contributed by atoms with Gasteiger partial charge >= 0.3 is 0 Å². The molecule has 0 bridgehead atoms. The summed E-state index contributed by atoms with van der Waals surface area (Å²) in [5.41, 5.74) is 1.04. The van der Waals surface area contributed by atoms with Crippen LogP contribution in [0.4, 0.5) is 5.69 Å². The van der Waals surface area contributed by atoms with Crippen molar-refractivity contribution < 1.29 is 10.0 Å². The summed E-state index contributed by atoms with van der Waals surface area (Å²) in [7, 11) is 0. The molecule has 1 N–H and O–H groups in total. The number of aliphatic hydroxyl groups excluding tert-OH is 1. The lowest BCUT2D eigenvalue weighted by molar-refractivity contribution is -0.384. The molecule has 0 aliphatic heterocycles.